The van der Waals surface area contributed by atoms with Gasteiger partial charge in [0, 0.05) is 41.1 Å². The van der Waals surface area contributed by atoms with Crippen LogP contribution < -0.4 is 4.90 Å². The highest BCUT2D eigenvalue weighted by atomic mass is 15.1. The summed E-state index contributed by atoms with van der Waals surface area (Å²) in [5.74, 6) is 0. The molecule has 6 aromatic rings. The zero-order chi connectivity index (χ0) is 20.4. The standard InChI is InChI=1S/C29H22N2/c1-2-17-31(16-1)24-13-14-25-23(18-24)12-10-19-5-6-20-7-8-21-9-11-22-4-3-15-30-29(22)28(21)27(20)26(19)25/h3-15,18H,1-2,16-17H2. The van der Waals surface area contributed by atoms with Gasteiger partial charge >= 0.3 is 0 Å². The van der Waals surface area contributed by atoms with Gasteiger partial charge in [-0.1, -0.05) is 60.7 Å². The highest BCUT2D eigenvalue weighted by Gasteiger charge is 2.15. The van der Waals surface area contributed by atoms with E-state index in [2.05, 4.69) is 77.7 Å². The van der Waals surface area contributed by atoms with Crippen molar-refractivity contribution >= 4 is 59.7 Å². The Balaban J connectivity index is 1.66. The zero-order valence-electron chi connectivity index (χ0n) is 17.3. The maximum atomic E-state index is 4.81. The van der Waals surface area contributed by atoms with Crippen molar-refractivity contribution in [3.8, 4) is 0 Å². The first-order valence-electron chi connectivity index (χ1n) is 11.2. The van der Waals surface area contributed by atoms with Crippen molar-refractivity contribution in [3.63, 3.8) is 0 Å². The van der Waals surface area contributed by atoms with Gasteiger partial charge in [-0.05, 0) is 63.4 Å². The average molecular weight is 399 g/mol. The molecule has 2 heterocycles. The van der Waals surface area contributed by atoms with Crippen molar-refractivity contribution in [1.82, 2.24) is 4.98 Å². The van der Waals surface area contributed by atoms with Crippen LogP contribution in [0.5, 0.6) is 0 Å². The van der Waals surface area contributed by atoms with Gasteiger partial charge in [0.1, 0.15) is 0 Å². The minimum absolute atomic E-state index is 1.09. The number of hydrogen-bond acceptors (Lipinski definition) is 2. The molecule has 31 heavy (non-hydrogen) atoms. The second-order valence-electron chi connectivity index (χ2n) is 8.73. The molecule has 0 unspecified atom stereocenters. The van der Waals surface area contributed by atoms with Crippen LogP contribution in [0.25, 0.3) is 54.0 Å². The summed E-state index contributed by atoms with van der Waals surface area (Å²) in [4.78, 5) is 7.32. The fraction of sp³-hybridized carbons (Fsp3) is 0.138. The largest absolute Gasteiger partial charge is 0.372 e. The molecule has 0 saturated carbocycles. The number of rotatable bonds is 1. The summed E-state index contributed by atoms with van der Waals surface area (Å²) in [7, 11) is 0. The quantitative estimate of drug-likeness (QED) is 0.267. The summed E-state index contributed by atoms with van der Waals surface area (Å²) >= 11 is 0. The number of benzene rings is 5. The summed E-state index contributed by atoms with van der Waals surface area (Å²) in [6, 6.07) is 29.2. The lowest BCUT2D eigenvalue weighted by molar-refractivity contribution is 0.949. The fourth-order valence-corrected chi connectivity index (χ4v) is 5.48. The second kappa shape index (κ2) is 6.42. The number of aromatic nitrogens is 1. The molecule has 0 radical (unpaired) electrons. The maximum Gasteiger partial charge on any atom is 0.0786 e. The van der Waals surface area contributed by atoms with Crippen LogP contribution in [-0.2, 0) is 0 Å². The van der Waals surface area contributed by atoms with E-state index in [9.17, 15) is 0 Å². The van der Waals surface area contributed by atoms with Crippen LogP contribution in [0.4, 0.5) is 5.69 Å². The molecule has 0 N–H and O–H groups in total. The molecule has 2 nitrogen and oxygen atoms in total. The Morgan fingerprint density at radius 3 is 2.00 bits per heavy atom. The van der Waals surface area contributed by atoms with Gasteiger partial charge in [0.05, 0.1) is 5.52 Å². The second-order valence-corrected chi connectivity index (χ2v) is 8.73. The molecule has 1 fully saturated rings. The van der Waals surface area contributed by atoms with E-state index in [0.29, 0.717) is 0 Å². The Labute approximate surface area is 180 Å². The Morgan fingerprint density at radius 2 is 1.23 bits per heavy atom. The minimum Gasteiger partial charge on any atom is -0.372 e. The van der Waals surface area contributed by atoms with E-state index in [-0.39, 0.29) is 0 Å². The molecule has 2 heteroatoms. The third-order valence-corrected chi connectivity index (χ3v) is 6.99. The molecular weight excluding hydrogens is 376 g/mol. The predicted molar refractivity (Wildman–Crippen MR) is 133 cm³/mol. The highest BCUT2D eigenvalue weighted by Crippen LogP contribution is 2.39. The molecular formula is C29H22N2. The third-order valence-electron chi connectivity index (χ3n) is 6.99. The van der Waals surface area contributed by atoms with E-state index in [1.54, 1.807) is 0 Å². The molecule has 7 rings (SSSR count). The van der Waals surface area contributed by atoms with Crippen molar-refractivity contribution in [1.29, 1.82) is 0 Å². The Kier molecular flexibility index (Phi) is 3.54. The van der Waals surface area contributed by atoms with Crippen LogP contribution in [0.2, 0.25) is 0 Å². The highest BCUT2D eigenvalue weighted by molar-refractivity contribution is 6.31. The van der Waals surface area contributed by atoms with Crippen LogP contribution in [0.3, 0.4) is 0 Å². The lowest BCUT2D eigenvalue weighted by atomic mass is 9.92. The van der Waals surface area contributed by atoms with E-state index in [1.807, 2.05) is 12.3 Å². The number of nitrogens with zero attached hydrogens (tertiary/aromatic N) is 2. The fourth-order valence-electron chi connectivity index (χ4n) is 5.48. The zero-order valence-corrected chi connectivity index (χ0v) is 17.3. The molecule has 148 valence electrons. The van der Waals surface area contributed by atoms with Gasteiger partial charge in [-0.15, -0.1) is 0 Å². The molecule has 1 aromatic heterocycles. The minimum atomic E-state index is 1.09. The molecule has 1 aliphatic heterocycles. The van der Waals surface area contributed by atoms with E-state index in [1.165, 1.54) is 80.1 Å². The molecule has 1 aliphatic rings. The first kappa shape index (κ1) is 17.1. The normalized spacial score (nSPS) is 14.5. The topological polar surface area (TPSA) is 16.1 Å². The molecule has 1 saturated heterocycles. The summed E-state index contributed by atoms with van der Waals surface area (Å²) in [6.07, 6.45) is 4.51. The van der Waals surface area contributed by atoms with Gasteiger partial charge in [0.25, 0.3) is 0 Å². The molecule has 0 atom stereocenters. The van der Waals surface area contributed by atoms with Crippen molar-refractivity contribution < 1.29 is 0 Å². The Morgan fingerprint density at radius 1 is 0.581 bits per heavy atom. The molecule has 0 bridgehead atoms. The van der Waals surface area contributed by atoms with E-state index < -0.39 is 0 Å². The van der Waals surface area contributed by atoms with Gasteiger partial charge in [0.2, 0.25) is 0 Å². The summed E-state index contributed by atoms with van der Waals surface area (Å²) in [5, 5.41) is 11.6. The van der Waals surface area contributed by atoms with Gasteiger partial charge in [-0.2, -0.15) is 0 Å². The van der Waals surface area contributed by atoms with Crippen molar-refractivity contribution in [2.45, 2.75) is 12.8 Å². The number of hydrogen-bond donors (Lipinski definition) is 0. The van der Waals surface area contributed by atoms with Gasteiger partial charge in [-0.25, -0.2) is 0 Å². The van der Waals surface area contributed by atoms with Crippen molar-refractivity contribution in [2.24, 2.45) is 0 Å². The van der Waals surface area contributed by atoms with E-state index in [0.717, 1.165) is 5.52 Å². The number of pyridine rings is 1. The number of fused-ring (bicyclic) bond motifs is 9. The smallest absolute Gasteiger partial charge is 0.0786 e. The first-order valence-corrected chi connectivity index (χ1v) is 11.2. The number of anilines is 1. The van der Waals surface area contributed by atoms with E-state index >= 15 is 0 Å². The van der Waals surface area contributed by atoms with Crippen LogP contribution in [0, 0.1) is 0 Å². The maximum absolute atomic E-state index is 4.81. The SMILES string of the molecule is c1cnc2c(c1)ccc1ccc3ccc4ccc5cc(N6CCCC6)ccc5c4c3c12. The molecule has 0 spiro atoms. The van der Waals surface area contributed by atoms with Crippen LogP contribution in [0.15, 0.2) is 85.1 Å². The van der Waals surface area contributed by atoms with Crippen molar-refractivity contribution in [2.75, 3.05) is 18.0 Å². The lowest BCUT2D eigenvalue weighted by Crippen LogP contribution is -2.17. The van der Waals surface area contributed by atoms with Crippen LogP contribution in [-0.4, -0.2) is 18.1 Å². The summed E-state index contributed by atoms with van der Waals surface area (Å²) in [5.41, 5.74) is 2.44. The first-order chi connectivity index (χ1) is 15.4. The lowest BCUT2D eigenvalue weighted by Gasteiger charge is -2.19. The molecule has 0 aliphatic carbocycles. The summed E-state index contributed by atoms with van der Waals surface area (Å²) in [6.45, 7) is 2.34. The summed E-state index contributed by atoms with van der Waals surface area (Å²) < 4.78 is 0. The van der Waals surface area contributed by atoms with Gasteiger partial charge in [0.15, 0.2) is 0 Å². The Bertz CT molecular complexity index is 1630. The van der Waals surface area contributed by atoms with Crippen LogP contribution in [0.1, 0.15) is 12.8 Å². The van der Waals surface area contributed by atoms with Crippen LogP contribution >= 0.6 is 0 Å². The van der Waals surface area contributed by atoms with Crippen molar-refractivity contribution in [3.05, 3.63) is 85.1 Å². The monoisotopic (exact) mass is 398 g/mol. The predicted octanol–water partition coefficient (Wildman–Crippen LogP) is 7.45. The van der Waals surface area contributed by atoms with Gasteiger partial charge < -0.3 is 4.90 Å². The molecule has 5 aromatic carbocycles. The average Bonchev–Trinajstić information content (AvgIpc) is 3.37. The molecule has 0 amide bonds. The van der Waals surface area contributed by atoms with E-state index in [4.69, 9.17) is 4.98 Å². The Hall–Kier alpha value is -3.65. The third kappa shape index (κ3) is 2.48. The van der Waals surface area contributed by atoms with Gasteiger partial charge in [-0.3, -0.25) is 4.98 Å².